The molecule has 94 valence electrons. The lowest BCUT2D eigenvalue weighted by atomic mass is 9.99. The summed E-state index contributed by atoms with van der Waals surface area (Å²) in [6.07, 6.45) is -0.989. The fraction of sp³-hybridized carbons (Fsp3) is 0.143. The molecule has 0 fully saturated rings. The van der Waals surface area contributed by atoms with Gasteiger partial charge in [-0.3, -0.25) is 0 Å². The van der Waals surface area contributed by atoms with Gasteiger partial charge in [0.25, 0.3) is 0 Å². The van der Waals surface area contributed by atoms with Gasteiger partial charge in [0.1, 0.15) is 11.9 Å². The standard InChI is InChI=1S/C14H11Br2FO/c1-8-3-2-4-10(13(8)17)14(18)11-7-9(15)5-6-12(11)16/h2-7,14,18H,1H3. The van der Waals surface area contributed by atoms with E-state index >= 15 is 0 Å². The molecule has 0 radical (unpaired) electrons. The molecule has 1 unspecified atom stereocenters. The number of hydrogen-bond acceptors (Lipinski definition) is 1. The van der Waals surface area contributed by atoms with Crippen molar-refractivity contribution in [2.45, 2.75) is 13.0 Å². The SMILES string of the molecule is Cc1cccc(C(O)c2cc(Br)ccc2Br)c1F. The third kappa shape index (κ3) is 2.66. The van der Waals surface area contributed by atoms with Crippen LogP contribution in [0.25, 0.3) is 0 Å². The number of aliphatic hydroxyl groups excluding tert-OH is 1. The second-order valence-corrected chi connectivity index (χ2v) is 5.82. The van der Waals surface area contributed by atoms with E-state index in [0.717, 1.165) is 8.95 Å². The molecule has 4 heteroatoms. The van der Waals surface area contributed by atoms with Gasteiger partial charge in [-0.05, 0) is 30.7 Å². The van der Waals surface area contributed by atoms with Crippen molar-refractivity contribution in [2.75, 3.05) is 0 Å². The molecule has 0 bridgehead atoms. The zero-order valence-corrected chi connectivity index (χ0v) is 12.8. The van der Waals surface area contributed by atoms with Crippen molar-refractivity contribution in [3.8, 4) is 0 Å². The first-order chi connectivity index (χ1) is 8.50. The zero-order valence-electron chi connectivity index (χ0n) is 9.62. The molecule has 0 saturated heterocycles. The van der Waals surface area contributed by atoms with Crippen molar-refractivity contribution >= 4 is 31.9 Å². The second kappa shape index (κ2) is 5.51. The Hall–Kier alpha value is -0.710. The predicted octanol–water partition coefficient (Wildman–Crippen LogP) is 4.74. The Balaban J connectivity index is 2.51. The van der Waals surface area contributed by atoms with Gasteiger partial charge < -0.3 is 5.11 Å². The summed E-state index contributed by atoms with van der Waals surface area (Å²) in [7, 11) is 0. The van der Waals surface area contributed by atoms with Gasteiger partial charge in [0.2, 0.25) is 0 Å². The van der Waals surface area contributed by atoms with Crippen LogP contribution in [0.3, 0.4) is 0 Å². The lowest BCUT2D eigenvalue weighted by Crippen LogP contribution is -2.04. The summed E-state index contributed by atoms with van der Waals surface area (Å²) in [5, 5.41) is 10.3. The average Bonchev–Trinajstić information content (AvgIpc) is 2.35. The van der Waals surface area contributed by atoms with Crippen molar-refractivity contribution in [3.63, 3.8) is 0 Å². The fourth-order valence-corrected chi connectivity index (χ4v) is 2.62. The topological polar surface area (TPSA) is 20.2 Å². The molecule has 0 aliphatic carbocycles. The van der Waals surface area contributed by atoms with Crippen LogP contribution in [0.4, 0.5) is 4.39 Å². The van der Waals surface area contributed by atoms with Crippen molar-refractivity contribution in [2.24, 2.45) is 0 Å². The van der Waals surface area contributed by atoms with E-state index in [1.54, 1.807) is 31.2 Å². The van der Waals surface area contributed by atoms with Crippen molar-refractivity contribution < 1.29 is 9.50 Å². The predicted molar refractivity (Wildman–Crippen MR) is 77.0 cm³/mol. The fourth-order valence-electron chi connectivity index (χ4n) is 1.77. The lowest BCUT2D eigenvalue weighted by Gasteiger charge is -2.15. The Morgan fingerprint density at radius 1 is 1.11 bits per heavy atom. The van der Waals surface area contributed by atoms with Crippen LogP contribution in [0.5, 0.6) is 0 Å². The summed E-state index contributed by atoms with van der Waals surface area (Å²) in [5.41, 5.74) is 1.44. The van der Waals surface area contributed by atoms with Gasteiger partial charge in [0, 0.05) is 20.1 Å². The zero-order chi connectivity index (χ0) is 13.3. The molecule has 0 aromatic heterocycles. The Labute approximate surface area is 122 Å². The normalized spacial score (nSPS) is 12.5. The quantitative estimate of drug-likeness (QED) is 0.805. The molecule has 2 aromatic rings. The number of benzene rings is 2. The lowest BCUT2D eigenvalue weighted by molar-refractivity contribution is 0.214. The molecule has 0 aliphatic rings. The first-order valence-electron chi connectivity index (χ1n) is 5.38. The molecule has 1 nitrogen and oxygen atoms in total. The van der Waals surface area contributed by atoms with E-state index in [2.05, 4.69) is 31.9 Å². The molecule has 2 rings (SSSR count). The Morgan fingerprint density at radius 2 is 1.83 bits per heavy atom. The Kier molecular flexibility index (Phi) is 4.20. The van der Waals surface area contributed by atoms with Crippen LogP contribution in [0.15, 0.2) is 45.3 Å². The summed E-state index contributed by atoms with van der Waals surface area (Å²) in [4.78, 5) is 0. The molecule has 0 spiro atoms. The van der Waals surface area contributed by atoms with E-state index < -0.39 is 6.10 Å². The molecular weight excluding hydrogens is 363 g/mol. The summed E-state index contributed by atoms with van der Waals surface area (Å²) in [6, 6.07) is 10.5. The van der Waals surface area contributed by atoms with Gasteiger partial charge in [-0.15, -0.1) is 0 Å². The van der Waals surface area contributed by atoms with E-state index in [0.29, 0.717) is 11.1 Å². The highest BCUT2D eigenvalue weighted by Gasteiger charge is 2.18. The maximum Gasteiger partial charge on any atom is 0.132 e. The third-order valence-electron chi connectivity index (χ3n) is 2.77. The van der Waals surface area contributed by atoms with E-state index in [1.165, 1.54) is 0 Å². The number of hydrogen-bond donors (Lipinski definition) is 1. The second-order valence-electron chi connectivity index (χ2n) is 4.05. The van der Waals surface area contributed by atoms with E-state index in [1.807, 2.05) is 12.1 Å². The Bertz CT molecular complexity index is 582. The first kappa shape index (κ1) is 13.7. The minimum Gasteiger partial charge on any atom is -0.384 e. The molecule has 0 amide bonds. The van der Waals surface area contributed by atoms with Gasteiger partial charge in [-0.2, -0.15) is 0 Å². The van der Waals surface area contributed by atoms with E-state index in [-0.39, 0.29) is 11.4 Å². The summed E-state index contributed by atoms with van der Waals surface area (Å²) in [6.45, 7) is 1.68. The van der Waals surface area contributed by atoms with Crippen LogP contribution in [0.2, 0.25) is 0 Å². The maximum absolute atomic E-state index is 14.0. The molecule has 0 heterocycles. The Morgan fingerprint density at radius 3 is 2.56 bits per heavy atom. The number of aliphatic hydroxyl groups is 1. The van der Waals surface area contributed by atoms with Crippen LogP contribution < -0.4 is 0 Å². The van der Waals surface area contributed by atoms with Crippen molar-refractivity contribution in [1.29, 1.82) is 0 Å². The highest BCUT2D eigenvalue weighted by molar-refractivity contribution is 9.11. The largest absolute Gasteiger partial charge is 0.384 e. The molecule has 1 atom stereocenters. The van der Waals surface area contributed by atoms with Crippen LogP contribution in [-0.2, 0) is 0 Å². The third-order valence-corrected chi connectivity index (χ3v) is 3.98. The van der Waals surface area contributed by atoms with Crippen LogP contribution in [0.1, 0.15) is 22.8 Å². The van der Waals surface area contributed by atoms with E-state index in [4.69, 9.17) is 0 Å². The van der Waals surface area contributed by atoms with Gasteiger partial charge in [0.05, 0.1) is 0 Å². The highest BCUT2D eigenvalue weighted by atomic mass is 79.9. The summed E-state index contributed by atoms with van der Waals surface area (Å²) < 4.78 is 15.6. The first-order valence-corrected chi connectivity index (χ1v) is 6.97. The van der Waals surface area contributed by atoms with Crippen LogP contribution in [0, 0.1) is 12.7 Å². The number of halogens is 3. The molecule has 18 heavy (non-hydrogen) atoms. The maximum atomic E-state index is 14.0. The minimum atomic E-state index is -0.989. The highest BCUT2D eigenvalue weighted by Crippen LogP contribution is 2.32. The van der Waals surface area contributed by atoms with Gasteiger partial charge in [0.15, 0.2) is 0 Å². The number of rotatable bonds is 2. The summed E-state index contributed by atoms with van der Waals surface area (Å²) >= 11 is 6.71. The number of aryl methyl sites for hydroxylation is 1. The molecular formula is C14H11Br2FO. The van der Waals surface area contributed by atoms with Gasteiger partial charge >= 0.3 is 0 Å². The average molecular weight is 374 g/mol. The monoisotopic (exact) mass is 372 g/mol. The van der Waals surface area contributed by atoms with Crippen LogP contribution in [-0.4, -0.2) is 5.11 Å². The van der Waals surface area contributed by atoms with E-state index in [9.17, 15) is 9.50 Å². The molecule has 0 saturated carbocycles. The van der Waals surface area contributed by atoms with Gasteiger partial charge in [-0.25, -0.2) is 4.39 Å². The van der Waals surface area contributed by atoms with Gasteiger partial charge in [-0.1, -0.05) is 50.1 Å². The van der Waals surface area contributed by atoms with Crippen molar-refractivity contribution in [1.82, 2.24) is 0 Å². The smallest absolute Gasteiger partial charge is 0.132 e. The molecule has 2 aromatic carbocycles. The van der Waals surface area contributed by atoms with Crippen molar-refractivity contribution in [3.05, 3.63) is 67.9 Å². The minimum absolute atomic E-state index is 0.286. The van der Waals surface area contributed by atoms with Crippen LogP contribution >= 0.6 is 31.9 Å². The summed E-state index contributed by atoms with van der Waals surface area (Å²) in [5.74, 6) is -0.364. The molecule has 1 N–H and O–H groups in total. The molecule has 0 aliphatic heterocycles.